The van der Waals surface area contributed by atoms with Gasteiger partial charge < -0.3 is 19.4 Å². The van der Waals surface area contributed by atoms with Crippen molar-refractivity contribution in [2.24, 2.45) is 0 Å². The van der Waals surface area contributed by atoms with Crippen molar-refractivity contribution in [1.82, 2.24) is 14.9 Å². The monoisotopic (exact) mass is 443 g/mol. The van der Waals surface area contributed by atoms with E-state index in [4.69, 9.17) is 14.5 Å². The second kappa shape index (κ2) is 9.77. The summed E-state index contributed by atoms with van der Waals surface area (Å²) in [6, 6.07) is 20.9. The molecule has 33 heavy (non-hydrogen) atoms. The standard InChI is InChI=1S/C27H29N3O3/c1-18-9-14-25(19(2)17-18)33-16-15-30-24-8-6-5-7-23(24)29-26(30)20(3)28-27(31)21-10-12-22(32-4)13-11-21/h5-14,17,20H,15-16H2,1-4H3,(H,28,31). The van der Waals surface area contributed by atoms with Gasteiger partial charge in [-0.25, -0.2) is 4.98 Å². The van der Waals surface area contributed by atoms with Crippen molar-refractivity contribution in [3.63, 3.8) is 0 Å². The fraction of sp³-hybridized carbons (Fsp3) is 0.259. The summed E-state index contributed by atoms with van der Waals surface area (Å²) in [4.78, 5) is 17.6. The van der Waals surface area contributed by atoms with E-state index in [1.165, 1.54) is 5.56 Å². The Morgan fingerprint density at radius 3 is 2.55 bits per heavy atom. The van der Waals surface area contributed by atoms with Crippen LogP contribution < -0.4 is 14.8 Å². The molecule has 6 heteroatoms. The van der Waals surface area contributed by atoms with E-state index >= 15 is 0 Å². The number of fused-ring (bicyclic) bond motifs is 1. The van der Waals surface area contributed by atoms with Crippen molar-refractivity contribution in [2.75, 3.05) is 13.7 Å². The minimum atomic E-state index is -0.284. The van der Waals surface area contributed by atoms with Gasteiger partial charge in [0.1, 0.15) is 23.9 Å². The number of amides is 1. The van der Waals surface area contributed by atoms with Gasteiger partial charge in [-0.1, -0.05) is 29.8 Å². The van der Waals surface area contributed by atoms with Gasteiger partial charge in [0, 0.05) is 5.56 Å². The Bertz CT molecular complexity index is 1260. The highest BCUT2D eigenvalue weighted by Crippen LogP contribution is 2.23. The second-order valence-electron chi connectivity index (χ2n) is 8.15. The van der Waals surface area contributed by atoms with E-state index in [1.807, 2.05) is 37.3 Å². The average molecular weight is 444 g/mol. The molecule has 1 unspecified atom stereocenters. The topological polar surface area (TPSA) is 65.4 Å². The molecule has 0 saturated heterocycles. The van der Waals surface area contributed by atoms with Gasteiger partial charge in [-0.3, -0.25) is 4.79 Å². The quantitative estimate of drug-likeness (QED) is 0.405. The van der Waals surface area contributed by atoms with Gasteiger partial charge in [-0.15, -0.1) is 0 Å². The van der Waals surface area contributed by atoms with Crippen molar-refractivity contribution in [2.45, 2.75) is 33.4 Å². The van der Waals surface area contributed by atoms with Gasteiger partial charge in [0.05, 0.1) is 30.7 Å². The summed E-state index contributed by atoms with van der Waals surface area (Å²) in [5.74, 6) is 2.23. The largest absolute Gasteiger partial charge is 0.497 e. The van der Waals surface area contributed by atoms with Crippen molar-refractivity contribution in [1.29, 1.82) is 0 Å². The van der Waals surface area contributed by atoms with Crippen LogP contribution >= 0.6 is 0 Å². The number of carbonyl (C=O) groups excluding carboxylic acids is 1. The van der Waals surface area contributed by atoms with E-state index in [0.717, 1.165) is 28.2 Å². The lowest BCUT2D eigenvalue weighted by molar-refractivity contribution is 0.0937. The lowest BCUT2D eigenvalue weighted by Gasteiger charge is -2.17. The third-order valence-electron chi connectivity index (χ3n) is 5.67. The molecule has 0 fully saturated rings. The van der Waals surface area contributed by atoms with Crippen LogP contribution in [0.15, 0.2) is 66.7 Å². The zero-order chi connectivity index (χ0) is 23.4. The van der Waals surface area contributed by atoms with Gasteiger partial charge in [-0.05, 0) is 68.8 Å². The molecule has 1 amide bonds. The Morgan fingerprint density at radius 1 is 1.06 bits per heavy atom. The maximum atomic E-state index is 12.8. The van der Waals surface area contributed by atoms with Crippen LogP contribution in [0.25, 0.3) is 11.0 Å². The number of ether oxygens (including phenoxy) is 2. The number of hydrogen-bond acceptors (Lipinski definition) is 4. The number of carbonyl (C=O) groups is 1. The van der Waals surface area contributed by atoms with E-state index in [9.17, 15) is 4.79 Å². The molecule has 1 atom stereocenters. The van der Waals surface area contributed by atoms with E-state index in [-0.39, 0.29) is 11.9 Å². The van der Waals surface area contributed by atoms with Crippen LogP contribution in [0.5, 0.6) is 11.5 Å². The van der Waals surface area contributed by atoms with E-state index in [0.29, 0.717) is 24.5 Å². The van der Waals surface area contributed by atoms with Crippen LogP contribution in [0, 0.1) is 13.8 Å². The Labute approximate surface area is 194 Å². The third kappa shape index (κ3) is 5.00. The maximum Gasteiger partial charge on any atom is 0.251 e. The number of aryl methyl sites for hydroxylation is 2. The first-order valence-electron chi connectivity index (χ1n) is 11.1. The minimum absolute atomic E-state index is 0.157. The van der Waals surface area contributed by atoms with Gasteiger partial charge in [-0.2, -0.15) is 0 Å². The Hall–Kier alpha value is -3.80. The highest BCUT2D eigenvalue weighted by molar-refractivity contribution is 5.94. The van der Waals surface area contributed by atoms with Crippen LogP contribution in [-0.2, 0) is 6.54 Å². The van der Waals surface area contributed by atoms with Crippen LogP contribution in [0.2, 0.25) is 0 Å². The number of nitrogens with zero attached hydrogens (tertiary/aromatic N) is 2. The number of imidazole rings is 1. The lowest BCUT2D eigenvalue weighted by Crippen LogP contribution is -2.29. The van der Waals surface area contributed by atoms with E-state index in [1.54, 1.807) is 31.4 Å². The molecule has 170 valence electrons. The van der Waals surface area contributed by atoms with Gasteiger partial charge in [0.25, 0.3) is 5.91 Å². The first-order chi connectivity index (χ1) is 16.0. The van der Waals surface area contributed by atoms with Crippen LogP contribution in [-0.4, -0.2) is 29.2 Å². The Balaban J connectivity index is 1.52. The number of methoxy groups -OCH3 is 1. The molecule has 0 radical (unpaired) electrons. The zero-order valence-electron chi connectivity index (χ0n) is 19.5. The molecule has 4 aromatic rings. The van der Waals surface area contributed by atoms with E-state index in [2.05, 4.69) is 35.9 Å². The molecule has 3 aromatic carbocycles. The SMILES string of the molecule is COc1ccc(C(=O)NC(C)c2nc3ccccc3n2CCOc2ccc(C)cc2C)cc1. The zero-order valence-corrected chi connectivity index (χ0v) is 19.5. The van der Waals surface area contributed by atoms with Crippen LogP contribution in [0.3, 0.4) is 0 Å². The summed E-state index contributed by atoms with van der Waals surface area (Å²) in [6.45, 7) is 7.19. The summed E-state index contributed by atoms with van der Waals surface area (Å²) in [5, 5.41) is 3.07. The van der Waals surface area contributed by atoms with Gasteiger partial charge >= 0.3 is 0 Å². The summed E-state index contributed by atoms with van der Waals surface area (Å²) < 4.78 is 13.4. The second-order valence-corrected chi connectivity index (χ2v) is 8.15. The fourth-order valence-corrected chi connectivity index (χ4v) is 3.95. The smallest absolute Gasteiger partial charge is 0.251 e. The molecule has 0 aliphatic carbocycles. The molecule has 1 aromatic heterocycles. The van der Waals surface area contributed by atoms with Crippen molar-refractivity contribution < 1.29 is 14.3 Å². The Morgan fingerprint density at radius 2 is 1.82 bits per heavy atom. The summed E-state index contributed by atoms with van der Waals surface area (Å²) in [5.41, 5.74) is 4.81. The normalized spacial score (nSPS) is 11.9. The molecule has 0 saturated carbocycles. The van der Waals surface area contributed by atoms with Crippen molar-refractivity contribution in [3.05, 3.63) is 89.2 Å². The van der Waals surface area contributed by atoms with Crippen LogP contribution in [0.4, 0.5) is 0 Å². The summed E-state index contributed by atoms with van der Waals surface area (Å²) >= 11 is 0. The molecule has 1 N–H and O–H groups in total. The summed E-state index contributed by atoms with van der Waals surface area (Å²) in [7, 11) is 1.60. The maximum absolute atomic E-state index is 12.8. The Kier molecular flexibility index (Phi) is 6.63. The molecule has 0 aliphatic rings. The predicted octanol–water partition coefficient (Wildman–Crippen LogP) is 5.23. The number of hydrogen-bond donors (Lipinski definition) is 1. The summed E-state index contributed by atoms with van der Waals surface area (Å²) in [6.07, 6.45) is 0. The molecule has 0 aliphatic heterocycles. The fourth-order valence-electron chi connectivity index (χ4n) is 3.95. The first kappa shape index (κ1) is 22.4. The molecule has 4 rings (SSSR count). The molecule has 0 bridgehead atoms. The highest BCUT2D eigenvalue weighted by atomic mass is 16.5. The van der Waals surface area contributed by atoms with Crippen molar-refractivity contribution >= 4 is 16.9 Å². The van der Waals surface area contributed by atoms with Crippen LogP contribution in [0.1, 0.15) is 40.3 Å². The predicted molar refractivity (Wildman–Crippen MR) is 130 cm³/mol. The molecular formula is C27H29N3O3. The molecule has 0 spiro atoms. The third-order valence-corrected chi connectivity index (χ3v) is 5.67. The number of para-hydroxylation sites is 2. The minimum Gasteiger partial charge on any atom is -0.497 e. The van der Waals surface area contributed by atoms with E-state index < -0.39 is 0 Å². The van der Waals surface area contributed by atoms with Gasteiger partial charge in [0.2, 0.25) is 0 Å². The molecular weight excluding hydrogens is 414 g/mol. The molecule has 6 nitrogen and oxygen atoms in total. The number of rotatable bonds is 8. The lowest BCUT2D eigenvalue weighted by atomic mass is 10.1. The van der Waals surface area contributed by atoms with Crippen molar-refractivity contribution in [3.8, 4) is 11.5 Å². The first-order valence-corrected chi connectivity index (χ1v) is 11.1. The molecule has 1 heterocycles. The number of aromatic nitrogens is 2. The number of nitrogens with one attached hydrogen (secondary N) is 1. The van der Waals surface area contributed by atoms with Gasteiger partial charge in [0.15, 0.2) is 0 Å². The average Bonchev–Trinajstić information content (AvgIpc) is 3.19. The highest BCUT2D eigenvalue weighted by Gasteiger charge is 2.19. The number of benzene rings is 3.